The second kappa shape index (κ2) is 6.49. The Balaban J connectivity index is 1.91. The van der Waals surface area contributed by atoms with Gasteiger partial charge in [0.1, 0.15) is 0 Å². The smallest absolute Gasteiger partial charge is 0.239 e. The number of nitrogen functional groups attached to an aromatic ring is 1. The standard InChI is InChI=1S/C15H14Cl3N3O/c16-11-5-9(19)6-12(17)14(11)22-13-7-10(15(18)21-20-13)8-3-1-2-4-8/h5-8H,1-4,19H2. The van der Waals surface area contributed by atoms with Gasteiger partial charge in [-0.2, -0.15) is 0 Å². The lowest BCUT2D eigenvalue weighted by atomic mass is 10.0. The van der Waals surface area contributed by atoms with Gasteiger partial charge in [0.15, 0.2) is 10.9 Å². The van der Waals surface area contributed by atoms with Gasteiger partial charge in [-0.1, -0.05) is 47.6 Å². The molecule has 1 aliphatic carbocycles. The van der Waals surface area contributed by atoms with Crippen molar-refractivity contribution in [1.82, 2.24) is 10.2 Å². The molecule has 1 aliphatic rings. The van der Waals surface area contributed by atoms with Crippen LogP contribution in [0.3, 0.4) is 0 Å². The van der Waals surface area contributed by atoms with Gasteiger partial charge in [-0.15, -0.1) is 10.2 Å². The van der Waals surface area contributed by atoms with E-state index < -0.39 is 0 Å². The second-order valence-electron chi connectivity index (χ2n) is 5.33. The Hall–Kier alpha value is -1.23. The molecule has 2 aromatic rings. The van der Waals surface area contributed by atoms with Crippen LogP contribution in [-0.4, -0.2) is 10.2 Å². The van der Waals surface area contributed by atoms with Gasteiger partial charge in [0.2, 0.25) is 5.88 Å². The molecule has 0 saturated heterocycles. The highest BCUT2D eigenvalue weighted by atomic mass is 35.5. The normalized spacial score (nSPS) is 15.2. The molecule has 116 valence electrons. The van der Waals surface area contributed by atoms with Crippen molar-refractivity contribution >= 4 is 40.5 Å². The maximum atomic E-state index is 6.16. The number of halogens is 3. The third-order valence-electron chi connectivity index (χ3n) is 3.78. The lowest BCUT2D eigenvalue weighted by Crippen LogP contribution is -2.00. The zero-order valence-corrected chi connectivity index (χ0v) is 13.9. The minimum absolute atomic E-state index is 0.312. The average Bonchev–Trinajstić information content (AvgIpc) is 2.98. The largest absolute Gasteiger partial charge is 0.434 e. The Labute approximate surface area is 143 Å². The number of nitrogens with zero attached hydrogens (tertiary/aromatic N) is 2. The summed E-state index contributed by atoms with van der Waals surface area (Å²) in [5, 5.41) is 9.01. The first kappa shape index (κ1) is 15.7. The van der Waals surface area contributed by atoms with Crippen molar-refractivity contribution in [2.45, 2.75) is 31.6 Å². The number of hydrogen-bond donors (Lipinski definition) is 1. The molecule has 7 heteroatoms. The third-order valence-corrected chi connectivity index (χ3v) is 4.63. The Morgan fingerprint density at radius 2 is 1.64 bits per heavy atom. The number of anilines is 1. The fourth-order valence-electron chi connectivity index (χ4n) is 2.73. The summed E-state index contributed by atoms with van der Waals surface area (Å²) in [5.74, 6) is 1.04. The summed E-state index contributed by atoms with van der Waals surface area (Å²) in [7, 11) is 0. The maximum absolute atomic E-state index is 6.16. The summed E-state index contributed by atoms with van der Waals surface area (Å²) in [6.45, 7) is 0. The van der Waals surface area contributed by atoms with Crippen LogP contribution < -0.4 is 10.5 Å². The zero-order valence-electron chi connectivity index (χ0n) is 11.7. The van der Waals surface area contributed by atoms with Gasteiger partial charge in [-0.3, -0.25) is 0 Å². The Bertz CT molecular complexity index is 679. The molecule has 1 fully saturated rings. The van der Waals surface area contributed by atoms with Crippen molar-refractivity contribution in [2.75, 3.05) is 5.73 Å². The van der Waals surface area contributed by atoms with Crippen LogP contribution in [0.25, 0.3) is 0 Å². The van der Waals surface area contributed by atoms with Gasteiger partial charge in [0.05, 0.1) is 10.0 Å². The van der Waals surface area contributed by atoms with Gasteiger partial charge >= 0.3 is 0 Å². The predicted molar refractivity (Wildman–Crippen MR) is 89.2 cm³/mol. The summed E-state index contributed by atoms with van der Waals surface area (Å²) in [5.41, 5.74) is 7.11. The lowest BCUT2D eigenvalue weighted by molar-refractivity contribution is 0.453. The molecule has 4 nitrogen and oxygen atoms in total. The maximum Gasteiger partial charge on any atom is 0.239 e. The van der Waals surface area contributed by atoms with Crippen LogP contribution in [0.5, 0.6) is 11.6 Å². The van der Waals surface area contributed by atoms with Gasteiger partial charge < -0.3 is 10.5 Å². The van der Waals surface area contributed by atoms with E-state index in [0.717, 1.165) is 18.4 Å². The van der Waals surface area contributed by atoms with E-state index in [1.54, 1.807) is 12.1 Å². The quantitative estimate of drug-likeness (QED) is 0.739. The lowest BCUT2D eigenvalue weighted by Gasteiger charge is -2.13. The summed E-state index contributed by atoms with van der Waals surface area (Å²) in [4.78, 5) is 0. The molecule has 0 aliphatic heterocycles. The fourth-order valence-corrected chi connectivity index (χ4v) is 3.55. The molecular weight excluding hydrogens is 345 g/mol. The molecule has 2 N–H and O–H groups in total. The highest BCUT2D eigenvalue weighted by Crippen LogP contribution is 2.40. The highest BCUT2D eigenvalue weighted by Gasteiger charge is 2.22. The molecule has 0 amide bonds. The van der Waals surface area contributed by atoms with E-state index >= 15 is 0 Å². The van der Waals surface area contributed by atoms with E-state index in [0.29, 0.717) is 38.4 Å². The topological polar surface area (TPSA) is 61.0 Å². The minimum Gasteiger partial charge on any atom is -0.434 e. The molecule has 0 atom stereocenters. The molecular formula is C15H14Cl3N3O. The van der Waals surface area contributed by atoms with Crippen molar-refractivity contribution in [3.63, 3.8) is 0 Å². The van der Waals surface area contributed by atoms with E-state index in [2.05, 4.69) is 10.2 Å². The molecule has 22 heavy (non-hydrogen) atoms. The first-order chi connectivity index (χ1) is 10.5. The molecule has 1 saturated carbocycles. The molecule has 0 bridgehead atoms. The summed E-state index contributed by atoms with van der Waals surface area (Å²) in [6, 6.07) is 4.96. The molecule has 3 rings (SSSR count). The monoisotopic (exact) mass is 357 g/mol. The van der Waals surface area contributed by atoms with Crippen molar-refractivity contribution < 1.29 is 4.74 Å². The summed E-state index contributed by atoms with van der Waals surface area (Å²) in [6.07, 6.45) is 4.62. The van der Waals surface area contributed by atoms with Crippen molar-refractivity contribution in [3.8, 4) is 11.6 Å². The van der Waals surface area contributed by atoms with E-state index in [4.69, 9.17) is 45.3 Å². The van der Waals surface area contributed by atoms with E-state index in [1.165, 1.54) is 12.8 Å². The Morgan fingerprint density at radius 1 is 1.00 bits per heavy atom. The van der Waals surface area contributed by atoms with Crippen LogP contribution >= 0.6 is 34.8 Å². The van der Waals surface area contributed by atoms with Gasteiger partial charge in [-0.05, 0) is 36.5 Å². The van der Waals surface area contributed by atoms with Crippen LogP contribution in [0.2, 0.25) is 15.2 Å². The summed E-state index contributed by atoms with van der Waals surface area (Å²) < 4.78 is 5.70. The number of ether oxygens (including phenoxy) is 1. The van der Waals surface area contributed by atoms with Crippen molar-refractivity contribution in [2.24, 2.45) is 0 Å². The Morgan fingerprint density at radius 3 is 2.27 bits per heavy atom. The zero-order chi connectivity index (χ0) is 15.7. The number of aromatic nitrogens is 2. The highest BCUT2D eigenvalue weighted by molar-refractivity contribution is 6.37. The third kappa shape index (κ3) is 3.24. The van der Waals surface area contributed by atoms with Crippen molar-refractivity contribution in [1.29, 1.82) is 0 Å². The number of hydrogen-bond acceptors (Lipinski definition) is 4. The van der Waals surface area contributed by atoms with Crippen LogP contribution in [0.4, 0.5) is 5.69 Å². The number of rotatable bonds is 3. The SMILES string of the molecule is Nc1cc(Cl)c(Oc2cc(C3CCCC3)c(Cl)nn2)c(Cl)c1. The van der Waals surface area contributed by atoms with Crippen LogP contribution in [0.1, 0.15) is 37.2 Å². The van der Waals surface area contributed by atoms with Crippen molar-refractivity contribution in [3.05, 3.63) is 39.0 Å². The number of benzene rings is 1. The second-order valence-corrected chi connectivity index (χ2v) is 6.50. The minimum atomic E-state index is 0.312. The van der Waals surface area contributed by atoms with E-state index in [-0.39, 0.29) is 0 Å². The van der Waals surface area contributed by atoms with Gasteiger partial charge in [0.25, 0.3) is 0 Å². The van der Waals surface area contributed by atoms with Crippen LogP contribution in [0, 0.1) is 0 Å². The molecule has 0 spiro atoms. The first-order valence-electron chi connectivity index (χ1n) is 7.00. The van der Waals surface area contributed by atoms with Gasteiger partial charge in [-0.25, -0.2) is 0 Å². The van der Waals surface area contributed by atoms with Gasteiger partial charge in [0, 0.05) is 11.8 Å². The fraction of sp³-hybridized carbons (Fsp3) is 0.333. The van der Waals surface area contributed by atoms with Crippen LogP contribution in [0.15, 0.2) is 18.2 Å². The van der Waals surface area contributed by atoms with Crippen LogP contribution in [-0.2, 0) is 0 Å². The molecule has 0 radical (unpaired) electrons. The predicted octanol–water partition coefficient (Wildman–Crippen LogP) is 5.47. The van der Waals surface area contributed by atoms with E-state index in [1.807, 2.05) is 6.07 Å². The summed E-state index contributed by atoms with van der Waals surface area (Å²) >= 11 is 18.4. The molecule has 1 aromatic heterocycles. The van der Waals surface area contributed by atoms with E-state index in [9.17, 15) is 0 Å². The Kier molecular flexibility index (Phi) is 4.62. The number of nitrogens with two attached hydrogens (primary N) is 1. The molecule has 1 heterocycles. The molecule has 0 unspecified atom stereocenters. The average molecular weight is 359 g/mol. The molecule has 1 aromatic carbocycles. The first-order valence-corrected chi connectivity index (χ1v) is 8.13.